The third kappa shape index (κ3) is 14.9. The minimum Gasteiger partial charge on any atom is -0.445 e. The summed E-state index contributed by atoms with van der Waals surface area (Å²) in [7, 11) is 0. The van der Waals surface area contributed by atoms with E-state index in [1.807, 2.05) is 30.3 Å². The smallest absolute Gasteiger partial charge is 0.410 e. The maximum Gasteiger partial charge on any atom is 0.410 e. The number of imidazole rings is 1. The average Bonchev–Trinajstić information content (AvgIpc) is 4.34. The predicted octanol–water partition coefficient (Wildman–Crippen LogP) is 4.04. The van der Waals surface area contributed by atoms with Crippen molar-refractivity contribution in [1.82, 2.24) is 40.2 Å². The molecule has 3 saturated heterocycles. The molecular weight excluding hydrogens is 1070 g/mol. The molecule has 3 aromatic carbocycles. The number of benzene rings is 3. The number of halogens is 2. The summed E-state index contributed by atoms with van der Waals surface area (Å²) in [6, 6.07) is 13.9. The van der Waals surface area contributed by atoms with Crippen molar-refractivity contribution in [2.45, 2.75) is 115 Å². The number of aliphatic hydroxyl groups is 2. The number of fused-ring (bicyclic) bond motifs is 1. The summed E-state index contributed by atoms with van der Waals surface area (Å²) < 4.78 is 43.1. The van der Waals surface area contributed by atoms with Crippen LogP contribution in [0.3, 0.4) is 0 Å². The Labute approximate surface area is 472 Å². The van der Waals surface area contributed by atoms with E-state index in [2.05, 4.69) is 21.3 Å². The number of nitrogens with two attached hydrogens (primary N) is 1. The molecule has 82 heavy (non-hydrogen) atoms. The molecule has 22 nitrogen and oxygen atoms in total. The summed E-state index contributed by atoms with van der Waals surface area (Å²) in [6.45, 7) is 4.23. The summed E-state index contributed by atoms with van der Waals surface area (Å²) in [6.07, 6.45) is 3.09. The molecule has 1 unspecified atom stereocenters. The highest BCUT2D eigenvalue weighted by molar-refractivity contribution is 6.12. The van der Waals surface area contributed by atoms with Gasteiger partial charge in [0.25, 0.3) is 17.7 Å². The molecule has 0 bridgehead atoms. The molecule has 4 aliphatic heterocycles. The molecule has 4 aromatic rings. The summed E-state index contributed by atoms with van der Waals surface area (Å²) >= 11 is 0. The van der Waals surface area contributed by atoms with E-state index in [1.165, 1.54) is 17.1 Å². The number of urea groups is 1. The second-order valence-electron chi connectivity index (χ2n) is 21.4. The van der Waals surface area contributed by atoms with Crippen molar-refractivity contribution in [1.29, 1.82) is 0 Å². The van der Waals surface area contributed by atoms with Gasteiger partial charge in [-0.1, -0.05) is 62.7 Å². The van der Waals surface area contributed by atoms with Gasteiger partial charge in [0.2, 0.25) is 17.7 Å². The Bertz CT molecular complexity index is 2970. The van der Waals surface area contributed by atoms with Crippen LogP contribution in [0.2, 0.25) is 0 Å². The normalized spacial score (nSPS) is 20.1. The Balaban J connectivity index is 0.892. The lowest BCUT2D eigenvalue weighted by atomic mass is 9.83. The third-order valence-corrected chi connectivity index (χ3v) is 15.3. The van der Waals surface area contributed by atoms with Crippen LogP contribution in [0.15, 0.2) is 91.1 Å². The van der Waals surface area contributed by atoms with Gasteiger partial charge in [-0.15, -0.1) is 0 Å². The lowest BCUT2D eigenvalue weighted by Gasteiger charge is -2.46. The van der Waals surface area contributed by atoms with Gasteiger partial charge in [-0.05, 0) is 91.8 Å². The molecule has 0 radical (unpaired) electrons. The average molecular weight is 1140 g/mol. The maximum atomic E-state index is 15.3. The number of hydrogen-bond acceptors (Lipinski definition) is 13. The molecule has 4 aliphatic rings. The van der Waals surface area contributed by atoms with Crippen LogP contribution in [0.25, 0.3) is 11.3 Å². The molecule has 7 atom stereocenters. The van der Waals surface area contributed by atoms with E-state index in [0.717, 1.165) is 33.6 Å². The van der Waals surface area contributed by atoms with Gasteiger partial charge >= 0.3 is 12.1 Å². The molecule has 3 fully saturated rings. The standard InChI is InChI=1S/C58H70F2N10O12/c1-34(2)49(66-46(72)13-7-4-8-25-68-47(73)20-21-48(68)74)55(77)65-43(12-9-24-62-57(61)79)54(76)63-39-17-14-36(15-18-39)33-82-58(80)70-32-45(71)41-30-69(56(78)52(75)51(41)70)50(37-22-26-81-27-23-37)53-64-44(40-28-38(59)16-19-42(40)60)31-67(53)29-35-10-5-3-6-11-35/h3,5-6,10-11,14-21,28,31,34,37,41,43,45,49-52,71,75H,4,7-9,12-13,22-27,29-30,32-33H2,1-2H3,(H,63,76)(H,65,77)(H,66,72)(H3,61,62,79)/t41-,43-,45+,49-,50+,51?,52-/m0/s1. The van der Waals surface area contributed by atoms with Gasteiger partial charge in [0.1, 0.15) is 36.1 Å². The number of imide groups is 1. The largest absolute Gasteiger partial charge is 0.445 e. The lowest BCUT2D eigenvalue weighted by molar-refractivity contribution is -0.158. The van der Waals surface area contributed by atoms with E-state index in [9.17, 15) is 53.0 Å². The third-order valence-electron chi connectivity index (χ3n) is 15.3. The maximum absolute atomic E-state index is 15.3. The fourth-order valence-electron chi connectivity index (χ4n) is 11.0. The first kappa shape index (κ1) is 60.0. The molecule has 0 aliphatic carbocycles. The number of unbranched alkanes of at least 4 members (excludes halogenated alkanes) is 2. The molecule has 9 amide bonds. The zero-order valence-corrected chi connectivity index (χ0v) is 45.7. The van der Waals surface area contributed by atoms with Crippen LogP contribution in [-0.2, 0) is 51.4 Å². The van der Waals surface area contributed by atoms with Crippen LogP contribution in [0.1, 0.15) is 88.2 Å². The topological polar surface area (TPSA) is 297 Å². The molecule has 5 heterocycles. The first-order chi connectivity index (χ1) is 39.4. The fraction of sp³-hybridized carbons (Fsp3) is 0.466. The number of primary amides is 1. The summed E-state index contributed by atoms with van der Waals surface area (Å²) in [4.78, 5) is 113. The molecule has 0 spiro atoms. The van der Waals surface area contributed by atoms with E-state index in [4.69, 9.17) is 20.2 Å². The molecule has 8 rings (SSSR count). The number of nitrogens with zero attached hydrogens (tertiary/aromatic N) is 5. The number of nitrogens with one attached hydrogen (secondary N) is 4. The van der Waals surface area contributed by atoms with Crippen LogP contribution < -0.4 is 27.0 Å². The Morgan fingerprint density at radius 2 is 1.57 bits per heavy atom. The van der Waals surface area contributed by atoms with E-state index in [0.29, 0.717) is 62.4 Å². The fourth-order valence-corrected chi connectivity index (χ4v) is 11.0. The Morgan fingerprint density at radius 1 is 0.854 bits per heavy atom. The second kappa shape index (κ2) is 27.6. The number of amides is 9. The van der Waals surface area contributed by atoms with Gasteiger partial charge in [-0.2, -0.15) is 0 Å². The number of hydrogen-bond donors (Lipinski definition) is 7. The van der Waals surface area contributed by atoms with Crippen LogP contribution in [-0.4, -0.2) is 152 Å². The predicted molar refractivity (Wildman–Crippen MR) is 292 cm³/mol. The van der Waals surface area contributed by atoms with Crippen molar-refractivity contribution < 1.29 is 66.8 Å². The number of aromatic nitrogens is 2. The van der Waals surface area contributed by atoms with Crippen LogP contribution in [0, 0.1) is 29.4 Å². The number of anilines is 1. The minimum absolute atomic E-state index is 0.0707. The summed E-state index contributed by atoms with van der Waals surface area (Å²) in [5.74, 6) is -5.51. The first-order valence-electron chi connectivity index (χ1n) is 27.7. The highest BCUT2D eigenvalue weighted by atomic mass is 19.1. The Hall–Kier alpha value is -8.09. The van der Waals surface area contributed by atoms with Crippen LogP contribution in [0.5, 0.6) is 0 Å². The number of piperidine rings is 1. The zero-order valence-electron chi connectivity index (χ0n) is 45.7. The van der Waals surface area contributed by atoms with E-state index in [1.54, 1.807) is 48.9 Å². The monoisotopic (exact) mass is 1140 g/mol. The SMILES string of the molecule is CC(C)[C@H](NC(=O)CCCCCN1C(=O)C=CC1=O)C(=O)N[C@@H](CCCNC(N)=O)C(=O)Nc1ccc(COC(=O)N2C[C@@H](O)[C@@H]3CN([C@@H](c4nc(-c5cc(F)ccc5F)cn4Cc4ccccc4)C4CCOCC4)C(=O)[C@@H](O)C32)cc1. The first-order valence-corrected chi connectivity index (χ1v) is 27.7. The van der Waals surface area contributed by atoms with Crippen molar-refractivity contribution in [3.8, 4) is 11.3 Å². The van der Waals surface area contributed by atoms with Crippen molar-refractivity contribution in [2.75, 3.05) is 44.7 Å². The number of ether oxygens (including phenoxy) is 2. The molecule has 8 N–H and O–H groups in total. The Morgan fingerprint density at radius 3 is 2.27 bits per heavy atom. The van der Waals surface area contributed by atoms with E-state index >= 15 is 4.39 Å². The van der Waals surface area contributed by atoms with Gasteiger partial charge in [0.05, 0.1) is 30.4 Å². The second-order valence-corrected chi connectivity index (χ2v) is 21.4. The van der Waals surface area contributed by atoms with E-state index < -0.39 is 89.7 Å². The molecule has 0 saturated carbocycles. The zero-order chi connectivity index (χ0) is 58.6. The van der Waals surface area contributed by atoms with Crippen molar-refractivity contribution in [2.24, 2.45) is 23.5 Å². The van der Waals surface area contributed by atoms with Crippen LogP contribution >= 0.6 is 0 Å². The minimum atomic E-state index is -1.79. The number of aliphatic hydroxyl groups excluding tert-OH is 2. The van der Waals surface area contributed by atoms with Gasteiger partial charge in [0, 0.05) is 81.3 Å². The van der Waals surface area contributed by atoms with Crippen molar-refractivity contribution in [3.05, 3.63) is 120 Å². The number of carbonyl (C=O) groups excluding carboxylic acids is 8. The number of likely N-dealkylation sites (tertiary alicyclic amines) is 2. The van der Waals surface area contributed by atoms with Gasteiger partial charge in [-0.3, -0.25) is 38.6 Å². The van der Waals surface area contributed by atoms with Gasteiger partial charge in [0.15, 0.2) is 6.10 Å². The summed E-state index contributed by atoms with van der Waals surface area (Å²) in [5.41, 5.74) is 6.98. The molecule has 438 valence electrons. The molecular formula is C58H70F2N10O12. The molecule has 24 heteroatoms. The van der Waals surface area contributed by atoms with Crippen molar-refractivity contribution >= 4 is 53.3 Å². The summed E-state index contributed by atoms with van der Waals surface area (Å²) in [5, 5.41) is 34.2. The quantitative estimate of drug-likeness (QED) is 0.0386. The Kier molecular flexibility index (Phi) is 20.2. The lowest BCUT2D eigenvalue weighted by Crippen LogP contribution is -2.61. The van der Waals surface area contributed by atoms with Crippen molar-refractivity contribution in [3.63, 3.8) is 0 Å². The number of rotatable bonds is 24. The molecule has 1 aromatic heterocycles. The van der Waals surface area contributed by atoms with Crippen LogP contribution in [0.4, 0.5) is 24.1 Å². The highest BCUT2D eigenvalue weighted by Gasteiger charge is 2.56. The number of carbonyl (C=O) groups is 8. The number of β-amino-alcohol motifs (C(OH)–C–C–N with tert-alkyl or cyclic N) is 1. The highest BCUT2D eigenvalue weighted by Crippen LogP contribution is 2.42. The van der Waals surface area contributed by atoms with E-state index in [-0.39, 0.29) is 93.5 Å². The van der Waals surface area contributed by atoms with Gasteiger partial charge < -0.3 is 56.2 Å². The van der Waals surface area contributed by atoms with Gasteiger partial charge in [-0.25, -0.2) is 23.4 Å².